The summed E-state index contributed by atoms with van der Waals surface area (Å²) in [5, 5.41) is 3.86. The maximum atomic E-state index is 4.10. The Bertz CT molecular complexity index is 2740. The summed E-state index contributed by atoms with van der Waals surface area (Å²) in [7, 11) is 0. The van der Waals surface area contributed by atoms with E-state index in [2.05, 4.69) is 269 Å². The number of halogens is 8. The summed E-state index contributed by atoms with van der Waals surface area (Å²) < 4.78 is 7.48. The van der Waals surface area contributed by atoms with Crippen LogP contribution >= 0.6 is 127 Å². The molecule has 0 amide bonds. The molecule has 4 N–H and O–H groups in total. The summed E-state index contributed by atoms with van der Waals surface area (Å²) >= 11 is 32.8. The lowest BCUT2D eigenvalue weighted by atomic mass is 10.0. The highest BCUT2D eigenvalue weighted by Gasteiger charge is 2.27. The average molecular weight is 1300 g/mol. The quantitative estimate of drug-likeness (QED) is 0.117. The fourth-order valence-corrected chi connectivity index (χ4v) is 12.2. The Morgan fingerprint density at radius 1 is 0.250 bits per heavy atom. The van der Waals surface area contributed by atoms with Gasteiger partial charge in [-0.25, -0.2) is 0 Å². The lowest BCUT2D eigenvalue weighted by Crippen LogP contribution is -2.20. The van der Waals surface area contributed by atoms with Crippen molar-refractivity contribution < 1.29 is 0 Å². The Kier molecular flexibility index (Phi) is 12.9. The Labute approximate surface area is 414 Å². The first-order chi connectivity index (χ1) is 29.1. The molecular weight excluding hydrogens is 1270 g/mol. The molecule has 300 valence electrons. The van der Waals surface area contributed by atoms with Gasteiger partial charge in [0.25, 0.3) is 0 Å². The molecule has 0 unspecified atom stereocenters. The zero-order chi connectivity index (χ0) is 41.7. The normalized spacial score (nSPS) is 12.8. The molecule has 9 rings (SSSR count). The van der Waals surface area contributed by atoms with Crippen LogP contribution in [0.2, 0.25) is 0 Å². The maximum Gasteiger partial charge on any atom is 0.0598 e. The first-order valence-corrected chi connectivity index (χ1v) is 25.3. The van der Waals surface area contributed by atoms with Crippen molar-refractivity contribution in [2.24, 2.45) is 0 Å². The van der Waals surface area contributed by atoms with Crippen LogP contribution in [0.15, 0.2) is 157 Å². The number of rotatable bonds is 8. The van der Waals surface area contributed by atoms with Gasteiger partial charge in [0.05, 0.1) is 80.0 Å². The topological polar surface area (TPSA) is 63.2 Å². The minimum Gasteiger partial charge on any atom is -0.353 e. The molecule has 8 aromatic rings. The van der Waals surface area contributed by atoms with Crippen LogP contribution < -0.4 is 21.4 Å². The van der Waals surface area contributed by atoms with Crippen LogP contribution in [0.5, 0.6) is 0 Å². The first-order valence-electron chi connectivity index (χ1n) is 19.0. The lowest BCUT2D eigenvalue weighted by Gasteiger charge is -2.10. The molecule has 5 heterocycles. The van der Waals surface area contributed by atoms with E-state index < -0.39 is 0 Å². The Hall–Kier alpha value is -2.68. The highest BCUT2D eigenvalue weighted by Crippen LogP contribution is 2.41. The number of nitrogens with one attached hydrogen (secondary N) is 4. The summed E-state index contributed by atoms with van der Waals surface area (Å²) in [6.07, 6.45) is 2.61. The van der Waals surface area contributed by atoms with Crippen molar-refractivity contribution in [2.45, 2.75) is 25.7 Å². The monoisotopic (exact) mass is 1300 g/mol. The predicted octanol–water partition coefficient (Wildman–Crippen LogP) is 13.2. The third-order valence-corrected chi connectivity index (χ3v) is 19.3. The fraction of sp³-hybridized carbons (Fsp3) is 0.0833. The number of aromatic nitrogens is 4. The second kappa shape index (κ2) is 18.2. The lowest BCUT2D eigenvalue weighted by molar-refractivity contribution is 1.11. The Morgan fingerprint density at radius 2 is 0.450 bits per heavy atom. The van der Waals surface area contributed by atoms with Gasteiger partial charge in [0, 0.05) is 48.0 Å². The second-order valence-electron chi connectivity index (χ2n) is 14.6. The van der Waals surface area contributed by atoms with E-state index in [0.717, 1.165) is 102 Å². The van der Waals surface area contributed by atoms with E-state index in [0.29, 0.717) is 25.7 Å². The molecule has 1 aliphatic heterocycles. The van der Waals surface area contributed by atoms with Gasteiger partial charge in [0.2, 0.25) is 0 Å². The third-order valence-electron chi connectivity index (χ3n) is 10.8. The van der Waals surface area contributed by atoms with Crippen LogP contribution in [0.1, 0.15) is 45.0 Å². The Morgan fingerprint density at radius 3 is 0.650 bits per heavy atom. The second-order valence-corrected chi connectivity index (χ2v) is 20.9. The summed E-state index contributed by atoms with van der Waals surface area (Å²) in [6, 6.07) is 42.4. The number of hydrogen-bond acceptors (Lipinski definition) is 0. The molecule has 8 bridgehead atoms. The molecule has 0 aliphatic carbocycles. The summed E-state index contributed by atoms with van der Waals surface area (Å²) in [5.41, 5.74) is 12.9. The zero-order valence-corrected chi connectivity index (χ0v) is 44.1. The number of aromatic amines is 4. The average Bonchev–Trinajstić information content (AvgIpc) is 3.94. The molecule has 1 aliphatic rings. The largest absolute Gasteiger partial charge is 0.353 e. The molecule has 0 saturated heterocycles. The Balaban J connectivity index is 1.48. The van der Waals surface area contributed by atoms with Crippen molar-refractivity contribution in [3.8, 4) is 0 Å². The van der Waals surface area contributed by atoms with E-state index in [-0.39, 0.29) is 0 Å². The standard InChI is InChI=1S/C48H32Br8N4/c49-33-35(51)43-30(22-26-15-7-2-8-16-26)45-37(53)39(55)47(59-45)32(24-28-19-11-4-12-20-28)48-40(56)38(54)46(60-48)31(23-27-17-9-3-10-18-27)44-36(52)34(50)42(58-44)29(41(33)57-43)21-25-13-5-1-6-14-25/h1-20,57-60H,21-24H2. The third kappa shape index (κ3) is 8.17. The fourth-order valence-electron chi connectivity index (χ4n) is 7.89. The van der Waals surface area contributed by atoms with E-state index in [1.807, 2.05) is 0 Å². The van der Waals surface area contributed by atoms with Crippen molar-refractivity contribution in [3.63, 3.8) is 0 Å². The molecule has 60 heavy (non-hydrogen) atoms. The summed E-state index contributed by atoms with van der Waals surface area (Å²) in [5.74, 6) is 0. The van der Waals surface area contributed by atoms with Crippen LogP contribution in [-0.4, -0.2) is 19.9 Å². The number of hydrogen-bond donors (Lipinski definition) is 4. The van der Waals surface area contributed by atoms with Crippen molar-refractivity contribution >= 4 is 150 Å². The van der Waals surface area contributed by atoms with Gasteiger partial charge in [-0.3, -0.25) is 0 Å². The molecule has 0 radical (unpaired) electrons. The van der Waals surface area contributed by atoms with Crippen molar-refractivity contribution in [1.29, 1.82) is 0 Å². The van der Waals surface area contributed by atoms with Gasteiger partial charge in [-0.2, -0.15) is 0 Å². The molecular formula is C48H32Br8N4. The molecule has 0 spiro atoms. The molecule has 0 atom stereocenters. The van der Waals surface area contributed by atoms with Crippen LogP contribution in [0.3, 0.4) is 0 Å². The van der Waals surface area contributed by atoms with Crippen molar-refractivity contribution in [2.75, 3.05) is 0 Å². The molecule has 12 heteroatoms. The SMILES string of the molecule is Brc1c2[nH]c(c1Br)C(Cc1ccccc1)=c1[nH]c(c(Br)c1Br)=C(Cc1ccccc1)c1[nH]c(c(Br)c1Br)C(Cc1ccccc1)=c1[nH]c(c(Br)c1Br)=C2Cc1ccccc1. The zero-order valence-electron chi connectivity index (χ0n) is 31.4. The predicted molar refractivity (Wildman–Crippen MR) is 274 cm³/mol. The van der Waals surface area contributed by atoms with Gasteiger partial charge in [0.15, 0.2) is 0 Å². The van der Waals surface area contributed by atoms with Crippen molar-refractivity contribution in [3.05, 3.63) is 224 Å². The van der Waals surface area contributed by atoms with E-state index in [1.165, 1.54) is 22.3 Å². The molecule has 0 fully saturated rings. The van der Waals surface area contributed by atoms with E-state index in [1.54, 1.807) is 0 Å². The smallest absolute Gasteiger partial charge is 0.0598 e. The van der Waals surface area contributed by atoms with Gasteiger partial charge in [0.1, 0.15) is 0 Å². The highest BCUT2D eigenvalue weighted by molar-refractivity contribution is 9.14. The number of H-pyrrole nitrogens is 4. The van der Waals surface area contributed by atoms with Gasteiger partial charge in [-0.15, -0.1) is 0 Å². The maximum absolute atomic E-state index is 4.10. The molecule has 0 saturated carbocycles. The van der Waals surface area contributed by atoms with Gasteiger partial charge >= 0.3 is 0 Å². The minimum atomic E-state index is 0.653. The van der Waals surface area contributed by atoms with E-state index >= 15 is 0 Å². The molecule has 4 nitrogen and oxygen atoms in total. The van der Waals surface area contributed by atoms with Crippen LogP contribution in [-0.2, 0) is 25.7 Å². The van der Waals surface area contributed by atoms with Crippen LogP contribution in [0, 0.1) is 0 Å². The van der Waals surface area contributed by atoms with Gasteiger partial charge in [-0.1, -0.05) is 121 Å². The van der Waals surface area contributed by atoms with E-state index in [4.69, 9.17) is 0 Å². The van der Waals surface area contributed by atoms with Gasteiger partial charge in [-0.05, 0) is 150 Å². The van der Waals surface area contributed by atoms with Crippen molar-refractivity contribution in [1.82, 2.24) is 19.9 Å². The summed E-state index contributed by atoms with van der Waals surface area (Å²) in [6.45, 7) is 0. The van der Waals surface area contributed by atoms with E-state index in [9.17, 15) is 0 Å². The summed E-state index contributed by atoms with van der Waals surface area (Å²) in [4.78, 5) is 15.9. The van der Waals surface area contributed by atoms with Crippen LogP contribution in [0.25, 0.3) is 22.3 Å². The highest BCUT2D eigenvalue weighted by atomic mass is 79.9. The number of fused-ring (bicyclic) bond motifs is 8. The molecule has 4 aromatic carbocycles. The van der Waals surface area contributed by atoms with Crippen LogP contribution in [0.4, 0.5) is 0 Å². The first kappa shape index (κ1) is 42.6. The minimum absolute atomic E-state index is 0.653. The van der Waals surface area contributed by atoms with Gasteiger partial charge < -0.3 is 19.9 Å². The number of benzene rings is 4. The molecule has 4 aromatic heterocycles.